The molecule has 0 aliphatic heterocycles. The third-order valence-corrected chi connectivity index (χ3v) is 5.60. The number of aromatic nitrogens is 1. The van der Waals surface area contributed by atoms with Crippen molar-refractivity contribution in [3.8, 4) is 0 Å². The number of nitrogens with zero attached hydrogens (tertiary/aromatic N) is 1. The lowest BCUT2D eigenvalue weighted by atomic mass is 9.76. The largest absolute Gasteiger partial charge is 0.308 e. The summed E-state index contributed by atoms with van der Waals surface area (Å²) in [7, 11) is 2.09. The van der Waals surface area contributed by atoms with Gasteiger partial charge in [-0.3, -0.25) is 0 Å². The Balaban J connectivity index is 2.23. The van der Waals surface area contributed by atoms with E-state index in [0.717, 1.165) is 5.92 Å². The molecule has 0 bridgehead atoms. The second-order valence-electron chi connectivity index (χ2n) is 6.02. The predicted octanol–water partition coefficient (Wildman–Crippen LogP) is 4.28. The smallest absolute Gasteiger partial charge is 0.113 e. The normalized spacial score (nSPS) is 21.2. The van der Waals surface area contributed by atoms with E-state index >= 15 is 0 Å². The molecule has 1 fully saturated rings. The topological polar surface area (TPSA) is 24.9 Å². The molecule has 18 heavy (non-hydrogen) atoms. The zero-order chi connectivity index (χ0) is 13.2. The van der Waals surface area contributed by atoms with Crippen LogP contribution in [0.5, 0.6) is 0 Å². The first-order chi connectivity index (χ1) is 8.58. The summed E-state index contributed by atoms with van der Waals surface area (Å²) in [5.41, 5.74) is 1.31. The molecule has 0 spiro atoms. The van der Waals surface area contributed by atoms with Gasteiger partial charge in [-0.15, -0.1) is 11.3 Å². The zero-order valence-electron chi connectivity index (χ0n) is 12.1. The van der Waals surface area contributed by atoms with Gasteiger partial charge in [-0.2, -0.15) is 0 Å². The van der Waals surface area contributed by atoms with E-state index in [4.69, 9.17) is 4.98 Å². The lowest BCUT2D eigenvalue weighted by Crippen LogP contribution is -2.44. The van der Waals surface area contributed by atoms with Crippen LogP contribution in [-0.2, 0) is 5.54 Å². The highest BCUT2D eigenvalue weighted by molar-refractivity contribution is 7.09. The first kappa shape index (κ1) is 14.0. The first-order valence-electron chi connectivity index (χ1n) is 7.22. The lowest BCUT2D eigenvalue weighted by Gasteiger charge is -2.38. The van der Waals surface area contributed by atoms with Crippen LogP contribution in [-0.4, -0.2) is 12.0 Å². The maximum atomic E-state index is 4.88. The Morgan fingerprint density at radius 3 is 2.50 bits per heavy atom. The number of nitrogens with one attached hydrogen (secondary N) is 1. The molecule has 0 amide bonds. The average molecular weight is 266 g/mol. The first-order valence-corrected chi connectivity index (χ1v) is 8.10. The Hall–Kier alpha value is -0.410. The van der Waals surface area contributed by atoms with E-state index in [0.29, 0.717) is 5.92 Å². The molecule has 1 aromatic rings. The molecule has 1 aliphatic carbocycles. The molecule has 1 atom stereocenters. The Bertz CT molecular complexity index is 380. The molecule has 0 aromatic carbocycles. The van der Waals surface area contributed by atoms with E-state index in [1.807, 2.05) is 11.3 Å². The van der Waals surface area contributed by atoms with E-state index in [1.165, 1.54) is 42.8 Å². The third kappa shape index (κ3) is 2.62. The van der Waals surface area contributed by atoms with Crippen molar-refractivity contribution in [3.63, 3.8) is 0 Å². The Morgan fingerprint density at radius 1 is 1.33 bits per heavy atom. The number of rotatable bonds is 4. The van der Waals surface area contributed by atoms with Crippen molar-refractivity contribution in [3.05, 3.63) is 16.1 Å². The molecule has 2 rings (SSSR count). The third-order valence-electron chi connectivity index (χ3n) is 4.50. The minimum Gasteiger partial charge on any atom is -0.308 e. The zero-order valence-corrected chi connectivity index (χ0v) is 12.9. The van der Waals surface area contributed by atoms with Crippen LogP contribution in [0.4, 0.5) is 0 Å². The molecule has 1 aromatic heterocycles. The molecule has 1 aliphatic rings. The van der Waals surface area contributed by atoms with E-state index in [1.54, 1.807) is 0 Å². The second-order valence-corrected chi connectivity index (χ2v) is 6.88. The highest BCUT2D eigenvalue weighted by Gasteiger charge is 2.37. The quantitative estimate of drug-likeness (QED) is 0.879. The summed E-state index contributed by atoms with van der Waals surface area (Å²) in [6.07, 6.45) is 6.85. The molecule has 1 N–H and O–H groups in total. The molecule has 2 nitrogen and oxygen atoms in total. The predicted molar refractivity (Wildman–Crippen MR) is 79.2 cm³/mol. The number of hydrogen-bond donors (Lipinski definition) is 1. The Labute approximate surface area is 115 Å². The van der Waals surface area contributed by atoms with Crippen LogP contribution in [0, 0.1) is 5.92 Å². The number of thiazole rings is 1. The van der Waals surface area contributed by atoms with Gasteiger partial charge in [0.1, 0.15) is 5.01 Å². The minimum atomic E-state index is 0.0677. The second kappa shape index (κ2) is 5.70. The maximum absolute atomic E-state index is 4.88. The van der Waals surface area contributed by atoms with Crippen LogP contribution in [0.25, 0.3) is 0 Å². The van der Waals surface area contributed by atoms with E-state index in [-0.39, 0.29) is 5.54 Å². The molecule has 1 unspecified atom stereocenters. The van der Waals surface area contributed by atoms with Crippen LogP contribution >= 0.6 is 11.3 Å². The van der Waals surface area contributed by atoms with E-state index in [9.17, 15) is 0 Å². The summed E-state index contributed by atoms with van der Waals surface area (Å²) >= 11 is 1.83. The van der Waals surface area contributed by atoms with Crippen LogP contribution in [0.2, 0.25) is 0 Å². The van der Waals surface area contributed by atoms with Gasteiger partial charge in [0, 0.05) is 5.38 Å². The van der Waals surface area contributed by atoms with Crippen molar-refractivity contribution in [2.24, 2.45) is 5.92 Å². The van der Waals surface area contributed by atoms with Crippen molar-refractivity contribution in [2.75, 3.05) is 7.05 Å². The standard InChI is InChI=1S/C15H26N2S/c1-11(2)13-10-18-14(17-13)15(3,16-4)12-8-6-5-7-9-12/h10-12,16H,5-9H2,1-4H3. The highest BCUT2D eigenvalue weighted by Crippen LogP contribution is 2.40. The summed E-state index contributed by atoms with van der Waals surface area (Å²) in [4.78, 5) is 4.88. The summed E-state index contributed by atoms with van der Waals surface area (Å²) in [5, 5.41) is 7.08. The summed E-state index contributed by atoms with van der Waals surface area (Å²) in [6, 6.07) is 0. The van der Waals surface area contributed by atoms with Crippen molar-refractivity contribution in [1.29, 1.82) is 0 Å². The molecule has 0 saturated heterocycles. The van der Waals surface area contributed by atoms with Crippen LogP contribution in [0.15, 0.2) is 5.38 Å². The monoisotopic (exact) mass is 266 g/mol. The van der Waals surface area contributed by atoms with Gasteiger partial charge in [0.15, 0.2) is 0 Å². The number of hydrogen-bond acceptors (Lipinski definition) is 3. The summed E-state index contributed by atoms with van der Waals surface area (Å²) in [5.74, 6) is 1.27. The minimum absolute atomic E-state index is 0.0677. The highest BCUT2D eigenvalue weighted by atomic mass is 32.1. The molecular formula is C15H26N2S. The van der Waals surface area contributed by atoms with Crippen molar-refractivity contribution in [1.82, 2.24) is 10.3 Å². The Morgan fingerprint density at radius 2 is 2.00 bits per heavy atom. The lowest BCUT2D eigenvalue weighted by molar-refractivity contribution is 0.187. The molecule has 3 heteroatoms. The molecule has 1 saturated carbocycles. The van der Waals surface area contributed by atoms with Gasteiger partial charge >= 0.3 is 0 Å². The maximum Gasteiger partial charge on any atom is 0.113 e. The summed E-state index contributed by atoms with van der Waals surface area (Å²) in [6.45, 7) is 6.78. The van der Waals surface area contributed by atoms with Gasteiger partial charge in [-0.25, -0.2) is 4.98 Å². The fourth-order valence-corrected chi connectivity index (χ4v) is 4.18. The van der Waals surface area contributed by atoms with Crippen molar-refractivity contribution < 1.29 is 0 Å². The van der Waals surface area contributed by atoms with Gasteiger partial charge in [0.05, 0.1) is 11.2 Å². The van der Waals surface area contributed by atoms with Gasteiger partial charge in [0.2, 0.25) is 0 Å². The SMILES string of the molecule is CNC(C)(c1nc(C(C)C)cs1)C1CCCCC1. The molecule has 102 valence electrons. The summed E-state index contributed by atoms with van der Waals surface area (Å²) < 4.78 is 0. The van der Waals surface area contributed by atoms with Crippen LogP contribution in [0.1, 0.15) is 69.5 Å². The van der Waals surface area contributed by atoms with Crippen molar-refractivity contribution >= 4 is 11.3 Å². The van der Waals surface area contributed by atoms with Gasteiger partial charge < -0.3 is 5.32 Å². The van der Waals surface area contributed by atoms with E-state index < -0.39 is 0 Å². The van der Waals surface area contributed by atoms with Gasteiger partial charge in [0.25, 0.3) is 0 Å². The molecule has 1 heterocycles. The molecular weight excluding hydrogens is 240 g/mol. The van der Waals surface area contributed by atoms with Crippen molar-refractivity contribution in [2.45, 2.75) is 64.3 Å². The molecule has 0 radical (unpaired) electrons. The van der Waals surface area contributed by atoms with Crippen LogP contribution in [0.3, 0.4) is 0 Å². The average Bonchev–Trinajstić information content (AvgIpc) is 2.89. The van der Waals surface area contributed by atoms with Gasteiger partial charge in [-0.05, 0) is 38.6 Å². The van der Waals surface area contributed by atoms with Gasteiger partial charge in [-0.1, -0.05) is 33.1 Å². The fraction of sp³-hybridized carbons (Fsp3) is 0.800. The van der Waals surface area contributed by atoms with E-state index in [2.05, 4.69) is 38.5 Å². The fourth-order valence-electron chi connectivity index (χ4n) is 2.96. The Kier molecular flexibility index (Phi) is 4.44. The van der Waals surface area contributed by atoms with Crippen LogP contribution < -0.4 is 5.32 Å².